The molecular weight excluding hydrogens is 382 g/mol. The molecule has 1 amide bonds. The molecule has 0 bridgehead atoms. The van der Waals surface area contributed by atoms with Gasteiger partial charge in [0.25, 0.3) is 5.91 Å². The Balaban J connectivity index is 1.69. The van der Waals surface area contributed by atoms with E-state index in [4.69, 9.17) is 23.2 Å². The van der Waals surface area contributed by atoms with Crippen molar-refractivity contribution in [2.45, 2.75) is 26.4 Å². The zero-order valence-electron chi connectivity index (χ0n) is 13.9. The predicted octanol–water partition coefficient (Wildman–Crippen LogP) is 3.48. The van der Waals surface area contributed by atoms with Crippen LogP contribution < -0.4 is 5.32 Å². The van der Waals surface area contributed by atoms with Crippen molar-refractivity contribution in [1.82, 2.24) is 24.5 Å². The molecule has 0 aliphatic rings. The van der Waals surface area contributed by atoms with Crippen LogP contribution in [0, 0.1) is 12.7 Å². The van der Waals surface area contributed by atoms with Crippen LogP contribution >= 0.6 is 23.2 Å². The lowest BCUT2D eigenvalue weighted by atomic mass is 10.2. The van der Waals surface area contributed by atoms with Crippen LogP contribution in [0.25, 0.3) is 0 Å². The first-order valence-corrected chi connectivity index (χ1v) is 8.45. The van der Waals surface area contributed by atoms with E-state index in [0.717, 1.165) is 0 Å². The molecule has 0 spiro atoms. The average molecular weight is 397 g/mol. The van der Waals surface area contributed by atoms with Crippen LogP contribution in [0.2, 0.25) is 10.0 Å². The van der Waals surface area contributed by atoms with E-state index in [0.29, 0.717) is 21.3 Å². The fourth-order valence-corrected chi connectivity index (χ4v) is 2.63. The van der Waals surface area contributed by atoms with Gasteiger partial charge in [0, 0.05) is 16.8 Å². The highest BCUT2D eigenvalue weighted by Crippen LogP contribution is 2.20. The number of benzene rings is 1. The third kappa shape index (κ3) is 3.86. The van der Waals surface area contributed by atoms with Crippen LogP contribution in [0.1, 0.15) is 24.2 Å². The van der Waals surface area contributed by atoms with Crippen molar-refractivity contribution in [3.05, 3.63) is 57.8 Å². The van der Waals surface area contributed by atoms with Crippen molar-refractivity contribution in [3.63, 3.8) is 0 Å². The summed E-state index contributed by atoms with van der Waals surface area (Å²) in [5.41, 5.74) is 0.933. The largest absolute Gasteiger partial charge is 0.291 e. The smallest absolute Gasteiger partial charge is 0.251 e. The Morgan fingerprint density at radius 1 is 1.31 bits per heavy atom. The Bertz CT molecular complexity index is 914. The Kier molecular flexibility index (Phi) is 5.24. The van der Waals surface area contributed by atoms with Gasteiger partial charge in [-0.2, -0.15) is 5.10 Å². The lowest BCUT2D eigenvalue weighted by Crippen LogP contribution is -2.24. The molecule has 2 aromatic heterocycles. The summed E-state index contributed by atoms with van der Waals surface area (Å²) in [5, 5.41) is 11.7. The lowest BCUT2D eigenvalue weighted by Gasteiger charge is -2.10. The van der Waals surface area contributed by atoms with Gasteiger partial charge >= 0.3 is 0 Å². The van der Waals surface area contributed by atoms with Crippen LogP contribution in [-0.4, -0.2) is 30.5 Å². The van der Waals surface area contributed by atoms with E-state index in [1.165, 1.54) is 27.8 Å². The van der Waals surface area contributed by atoms with Gasteiger partial charge in [0.05, 0.1) is 17.3 Å². The standard InChI is InChI=1S/C16H15Cl2FN6O/c1-9-13(18)7-25(22-9)10(2)15(26)21-16-20-8-24(23-16)6-11-12(17)4-3-5-14(11)19/h3-5,7-8,10H,6H2,1-2H3,(H,21,23,26). The predicted molar refractivity (Wildman–Crippen MR) is 95.8 cm³/mol. The molecule has 3 rings (SSSR count). The van der Waals surface area contributed by atoms with E-state index < -0.39 is 11.9 Å². The number of carbonyl (C=O) groups is 1. The van der Waals surface area contributed by atoms with E-state index in [9.17, 15) is 9.18 Å². The normalized spacial score (nSPS) is 12.2. The molecule has 0 saturated carbocycles. The SMILES string of the molecule is Cc1nn(C(C)C(=O)Nc2ncn(Cc3c(F)cccc3Cl)n2)cc1Cl. The topological polar surface area (TPSA) is 77.6 Å². The van der Waals surface area contributed by atoms with Crippen molar-refractivity contribution >= 4 is 35.1 Å². The highest BCUT2D eigenvalue weighted by atomic mass is 35.5. The molecule has 0 aliphatic carbocycles. The van der Waals surface area contributed by atoms with Gasteiger partial charge < -0.3 is 0 Å². The molecule has 7 nitrogen and oxygen atoms in total. The van der Waals surface area contributed by atoms with Crippen molar-refractivity contribution in [2.75, 3.05) is 5.32 Å². The Labute approximate surface area is 158 Å². The van der Waals surface area contributed by atoms with Crippen molar-refractivity contribution in [2.24, 2.45) is 0 Å². The first-order valence-electron chi connectivity index (χ1n) is 7.69. The Hall–Kier alpha value is -2.45. The fourth-order valence-electron chi connectivity index (χ4n) is 2.27. The third-order valence-electron chi connectivity index (χ3n) is 3.79. The quantitative estimate of drug-likeness (QED) is 0.715. The van der Waals surface area contributed by atoms with Gasteiger partial charge in [-0.05, 0) is 26.0 Å². The molecule has 3 aromatic rings. The van der Waals surface area contributed by atoms with Gasteiger partial charge in [0.1, 0.15) is 18.2 Å². The third-order valence-corrected chi connectivity index (χ3v) is 4.51. The van der Waals surface area contributed by atoms with Crippen LogP contribution in [0.4, 0.5) is 10.3 Å². The molecule has 0 saturated heterocycles. The summed E-state index contributed by atoms with van der Waals surface area (Å²) in [6.07, 6.45) is 2.96. The minimum atomic E-state index is -0.603. The zero-order valence-corrected chi connectivity index (χ0v) is 15.5. The second-order valence-electron chi connectivity index (χ2n) is 5.67. The van der Waals surface area contributed by atoms with Crippen molar-refractivity contribution < 1.29 is 9.18 Å². The number of hydrogen-bond acceptors (Lipinski definition) is 4. The molecule has 1 aromatic carbocycles. The van der Waals surface area contributed by atoms with Crippen LogP contribution in [0.3, 0.4) is 0 Å². The van der Waals surface area contributed by atoms with Gasteiger partial charge in [-0.15, -0.1) is 5.10 Å². The van der Waals surface area contributed by atoms with Gasteiger partial charge in [-0.1, -0.05) is 29.3 Å². The molecule has 2 heterocycles. The van der Waals surface area contributed by atoms with E-state index in [2.05, 4.69) is 20.5 Å². The summed E-state index contributed by atoms with van der Waals surface area (Å²) in [5.74, 6) is -0.687. The minimum Gasteiger partial charge on any atom is -0.291 e. The summed E-state index contributed by atoms with van der Waals surface area (Å²) in [7, 11) is 0. The molecule has 0 fully saturated rings. The molecule has 136 valence electrons. The summed E-state index contributed by atoms with van der Waals surface area (Å²) in [4.78, 5) is 16.3. The number of hydrogen-bond donors (Lipinski definition) is 1. The number of aryl methyl sites for hydroxylation is 1. The van der Waals surface area contributed by atoms with Crippen molar-refractivity contribution in [3.8, 4) is 0 Å². The first-order chi connectivity index (χ1) is 12.3. The van der Waals surface area contributed by atoms with E-state index in [-0.39, 0.29) is 18.4 Å². The molecule has 26 heavy (non-hydrogen) atoms. The summed E-state index contributed by atoms with van der Waals surface area (Å²) in [6.45, 7) is 3.52. The maximum absolute atomic E-state index is 13.8. The Morgan fingerprint density at radius 2 is 2.08 bits per heavy atom. The van der Waals surface area contributed by atoms with E-state index >= 15 is 0 Å². The minimum absolute atomic E-state index is 0.0951. The molecule has 0 radical (unpaired) electrons. The molecule has 1 unspecified atom stereocenters. The van der Waals surface area contributed by atoms with E-state index in [1.807, 2.05) is 0 Å². The Morgan fingerprint density at radius 3 is 2.73 bits per heavy atom. The highest BCUT2D eigenvalue weighted by molar-refractivity contribution is 6.31. The van der Waals surface area contributed by atoms with Crippen LogP contribution in [0.5, 0.6) is 0 Å². The average Bonchev–Trinajstić information content (AvgIpc) is 3.17. The second-order valence-corrected chi connectivity index (χ2v) is 6.49. The van der Waals surface area contributed by atoms with Crippen LogP contribution in [0.15, 0.2) is 30.7 Å². The van der Waals surface area contributed by atoms with Crippen LogP contribution in [-0.2, 0) is 11.3 Å². The second kappa shape index (κ2) is 7.43. The molecule has 1 N–H and O–H groups in total. The molecule has 10 heteroatoms. The zero-order chi connectivity index (χ0) is 18.8. The van der Waals surface area contributed by atoms with Gasteiger partial charge in [-0.25, -0.2) is 14.1 Å². The summed E-state index contributed by atoms with van der Waals surface area (Å²) >= 11 is 12.0. The fraction of sp³-hybridized carbons (Fsp3) is 0.250. The first kappa shape index (κ1) is 18.3. The lowest BCUT2D eigenvalue weighted by molar-refractivity contribution is -0.119. The molecule has 1 atom stereocenters. The molecular formula is C16H15Cl2FN6O. The van der Waals surface area contributed by atoms with Crippen molar-refractivity contribution in [1.29, 1.82) is 0 Å². The van der Waals surface area contributed by atoms with E-state index in [1.54, 1.807) is 26.1 Å². The number of amides is 1. The summed E-state index contributed by atoms with van der Waals surface area (Å²) < 4.78 is 16.7. The van der Waals surface area contributed by atoms with Gasteiger partial charge in [-0.3, -0.25) is 14.8 Å². The number of carbonyl (C=O) groups excluding carboxylic acids is 1. The van der Waals surface area contributed by atoms with Gasteiger partial charge in [0.2, 0.25) is 5.95 Å². The number of anilines is 1. The number of aromatic nitrogens is 5. The maximum Gasteiger partial charge on any atom is 0.251 e. The number of nitrogens with zero attached hydrogens (tertiary/aromatic N) is 5. The van der Waals surface area contributed by atoms with Gasteiger partial charge in [0.15, 0.2) is 0 Å². The monoisotopic (exact) mass is 396 g/mol. The summed E-state index contributed by atoms with van der Waals surface area (Å²) in [6, 6.07) is 3.84. The molecule has 0 aliphatic heterocycles. The highest BCUT2D eigenvalue weighted by Gasteiger charge is 2.19. The number of halogens is 3. The number of rotatable bonds is 5. The maximum atomic E-state index is 13.8. The number of nitrogens with one attached hydrogen (secondary N) is 1.